The summed E-state index contributed by atoms with van der Waals surface area (Å²) in [6, 6.07) is 27.8. The average molecular weight is 409 g/mol. The third-order valence-electron chi connectivity index (χ3n) is 4.05. The maximum atomic E-state index is 13.8. The molecule has 0 radical (unpaired) electrons. The molecule has 3 aromatic carbocycles. The van der Waals surface area contributed by atoms with E-state index >= 15 is 0 Å². The van der Waals surface area contributed by atoms with Crippen LogP contribution in [-0.2, 0) is 11.0 Å². The zero-order valence-electron chi connectivity index (χ0n) is 15.2. The Morgan fingerprint density at radius 1 is 0.821 bits per heavy atom. The van der Waals surface area contributed by atoms with E-state index in [1.54, 1.807) is 24.3 Å². The lowest BCUT2D eigenvalue weighted by atomic mass is 10.1. The lowest BCUT2D eigenvalue weighted by Gasteiger charge is -2.24. The molecule has 1 unspecified atom stereocenters. The van der Waals surface area contributed by atoms with E-state index in [-0.39, 0.29) is 0 Å². The molecule has 0 heterocycles. The highest BCUT2D eigenvalue weighted by Crippen LogP contribution is 2.54. The van der Waals surface area contributed by atoms with Crippen LogP contribution in [0.1, 0.15) is 12.0 Å². The highest BCUT2D eigenvalue weighted by Gasteiger charge is 2.39. The summed E-state index contributed by atoms with van der Waals surface area (Å²) in [6.45, 7) is 0. The predicted octanol–water partition coefficient (Wildman–Crippen LogP) is 6.40. The van der Waals surface area contributed by atoms with Gasteiger partial charge in [0.25, 0.3) is 0 Å². The molecule has 0 aliphatic rings. The second-order valence-corrected chi connectivity index (χ2v) is 8.30. The van der Waals surface area contributed by atoms with Gasteiger partial charge >= 0.3 is 7.60 Å². The summed E-state index contributed by atoms with van der Waals surface area (Å²) in [5, 5.41) is 2.36. The van der Waals surface area contributed by atoms with Crippen molar-refractivity contribution in [2.45, 2.75) is 18.6 Å². The normalized spacial score (nSPS) is 11.9. The quantitative estimate of drug-likeness (QED) is 0.233. The van der Waals surface area contributed by atoms with E-state index in [9.17, 15) is 4.57 Å². The summed E-state index contributed by atoms with van der Waals surface area (Å²) in [7, 11) is -3.72. The van der Waals surface area contributed by atoms with Crippen molar-refractivity contribution in [1.29, 1.82) is 0 Å². The van der Waals surface area contributed by atoms with Crippen LogP contribution in [0.15, 0.2) is 96.0 Å². The number of aliphatic imine (C=N–C) groups is 1. The maximum Gasteiger partial charge on any atom is 0.455 e. The predicted molar refractivity (Wildman–Crippen MR) is 115 cm³/mol. The molecule has 3 aromatic rings. The smallest absolute Gasteiger partial charge is 0.415 e. The summed E-state index contributed by atoms with van der Waals surface area (Å²) >= 11 is 4.81. The van der Waals surface area contributed by atoms with Crippen molar-refractivity contribution in [2.75, 3.05) is 0 Å². The fourth-order valence-corrected chi connectivity index (χ4v) is 4.65. The standard InChI is InChI=1S/C22H20NO3PS/c24-27(25-20-12-6-2-7-13-20,26-21-14-8-3-9-15-21)22(23-18-28)17-16-19-10-4-1-5-11-19/h1-15,22H,16-17H2. The van der Waals surface area contributed by atoms with Crippen molar-refractivity contribution in [3.8, 4) is 11.5 Å². The Hall–Kier alpha value is -2.71. The Morgan fingerprint density at radius 3 is 1.75 bits per heavy atom. The van der Waals surface area contributed by atoms with Crippen molar-refractivity contribution >= 4 is 25.0 Å². The van der Waals surface area contributed by atoms with Gasteiger partial charge in [-0.25, -0.2) is 9.56 Å². The van der Waals surface area contributed by atoms with Crippen molar-refractivity contribution in [3.05, 3.63) is 96.6 Å². The highest BCUT2D eigenvalue weighted by molar-refractivity contribution is 7.78. The van der Waals surface area contributed by atoms with E-state index in [4.69, 9.17) is 21.3 Å². The molecular formula is C22H20NO3PS. The Morgan fingerprint density at radius 2 is 1.29 bits per heavy atom. The van der Waals surface area contributed by atoms with Gasteiger partial charge in [0.05, 0.1) is 5.16 Å². The largest absolute Gasteiger partial charge is 0.455 e. The molecule has 4 nitrogen and oxygen atoms in total. The number of isothiocyanates is 1. The van der Waals surface area contributed by atoms with Gasteiger partial charge in [0, 0.05) is 0 Å². The summed E-state index contributed by atoms with van der Waals surface area (Å²) in [5.41, 5.74) is 1.11. The summed E-state index contributed by atoms with van der Waals surface area (Å²) in [4.78, 5) is 4.16. The van der Waals surface area contributed by atoms with E-state index in [0.717, 1.165) is 5.56 Å². The molecule has 0 aliphatic heterocycles. The number of nitrogens with zero attached hydrogens (tertiary/aromatic N) is 1. The van der Waals surface area contributed by atoms with E-state index in [0.29, 0.717) is 24.3 Å². The average Bonchev–Trinajstić information content (AvgIpc) is 2.73. The van der Waals surface area contributed by atoms with Crippen LogP contribution in [-0.4, -0.2) is 10.9 Å². The van der Waals surface area contributed by atoms with Crippen LogP contribution in [0, 0.1) is 0 Å². The van der Waals surface area contributed by atoms with Gasteiger partial charge < -0.3 is 9.05 Å². The molecule has 0 N–H and O–H groups in total. The van der Waals surface area contributed by atoms with Gasteiger partial charge in [-0.3, -0.25) is 0 Å². The van der Waals surface area contributed by atoms with Gasteiger partial charge in [0.1, 0.15) is 11.5 Å². The minimum atomic E-state index is -3.72. The van der Waals surface area contributed by atoms with Crippen LogP contribution in [0.2, 0.25) is 0 Å². The van der Waals surface area contributed by atoms with Crippen molar-refractivity contribution in [2.24, 2.45) is 4.99 Å². The van der Waals surface area contributed by atoms with Crippen molar-refractivity contribution < 1.29 is 13.6 Å². The Balaban J connectivity index is 1.89. The number of rotatable bonds is 9. The molecule has 0 saturated carbocycles. The van der Waals surface area contributed by atoms with Gasteiger partial charge in [0.2, 0.25) is 0 Å². The first-order valence-corrected chi connectivity index (χ1v) is 10.9. The minimum absolute atomic E-state index is 0.449. The first-order chi connectivity index (χ1) is 13.7. The number of aryl methyl sites for hydroxylation is 1. The highest BCUT2D eigenvalue weighted by atomic mass is 32.1. The molecule has 0 aliphatic carbocycles. The second kappa shape index (κ2) is 10.0. The van der Waals surface area contributed by atoms with Crippen LogP contribution in [0.3, 0.4) is 0 Å². The van der Waals surface area contributed by atoms with Crippen LogP contribution in [0.25, 0.3) is 0 Å². The SMILES string of the molecule is O=P(Oc1ccccc1)(Oc1ccccc1)C(CCc1ccccc1)N=C=S. The molecule has 0 saturated heterocycles. The van der Waals surface area contributed by atoms with Crippen LogP contribution < -0.4 is 9.05 Å². The van der Waals surface area contributed by atoms with Crippen LogP contribution in [0.4, 0.5) is 0 Å². The molecule has 0 fully saturated rings. The monoisotopic (exact) mass is 409 g/mol. The minimum Gasteiger partial charge on any atom is -0.415 e. The van der Waals surface area contributed by atoms with Gasteiger partial charge in [-0.2, -0.15) is 0 Å². The summed E-state index contributed by atoms with van der Waals surface area (Å²) in [5.74, 6) is 0.128. The molecular weight excluding hydrogens is 389 g/mol. The molecule has 6 heteroatoms. The van der Waals surface area contributed by atoms with Crippen LogP contribution in [0.5, 0.6) is 11.5 Å². The van der Waals surface area contributed by atoms with E-state index in [1.807, 2.05) is 66.7 Å². The van der Waals surface area contributed by atoms with Gasteiger partial charge in [0.15, 0.2) is 5.78 Å². The van der Waals surface area contributed by atoms with E-state index in [2.05, 4.69) is 10.2 Å². The lowest BCUT2D eigenvalue weighted by Crippen LogP contribution is -2.16. The zero-order chi connectivity index (χ0) is 19.7. The number of hydrogen-bond donors (Lipinski definition) is 0. The van der Waals surface area contributed by atoms with Crippen molar-refractivity contribution in [3.63, 3.8) is 0 Å². The molecule has 3 rings (SSSR count). The molecule has 142 valence electrons. The number of thiocarbonyl (C=S) groups is 1. The summed E-state index contributed by atoms with van der Waals surface area (Å²) < 4.78 is 25.6. The first kappa shape index (κ1) is 20.0. The first-order valence-electron chi connectivity index (χ1n) is 8.89. The molecule has 0 bridgehead atoms. The number of benzene rings is 3. The Kier molecular flexibility index (Phi) is 7.16. The van der Waals surface area contributed by atoms with E-state index < -0.39 is 13.4 Å². The van der Waals surface area contributed by atoms with Gasteiger partial charge in [-0.15, -0.1) is 0 Å². The number of para-hydroxylation sites is 2. The third-order valence-corrected chi connectivity index (χ3v) is 6.19. The third kappa shape index (κ3) is 5.64. The second-order valence-electron chi connectivity index (χ2n) is 6.07. The van der Waals surface area contributed by atoms with Crippen molar-refractivity contribution in [1.82, 2.24) is 0 Å². The number of hydrogen-bond acceptors (Lipinski definition) is 5. The molecule has 0 spiro atoms. The fraction of sp³-hybridized carbons (Fsp3) is 0.136. The molecule has 0 aromatic heterocycles. The Labute approximate surface area is 170 Å². The Bertz CT molecular complexity index is 915. The topological polar surface area (TPSA) is 47.9 Å². The molecule has 1 atom stereocenters. The molecule has 28 heavy (non-hydrogen) atoms. The fourth-order valence-electron chi connectivity index (χ4n) is 2.69. The van der Waals surface area contributed by atoms with Crippen LogP contribution >= 0.6 is 19.8 Å². The zero-order valence-corrected chi connectivity index (χ0v) is 16.9. The maximum absolute atomic E-state index is 13.8. The summed E-state index contributed by atoms with van der Waals surface area (Å²) in [6.07, 6.45) is 1.11. The van der Waals surface area contributed by atoms with Gasteiger partial charge in [-0.1, -0.05) is 66.7 Å². The lowest BCUT2D eigenvalue weighted by molar-refractivity contribution is 0.369. The van der Waals surface area contributed by atoms with E-state index in [1.165, 1.54) is 0 Å². The van der Waals surface area contributed by atoms with Gasteiger partial charge in [-0.05, 0) is 54.9 Å². The molecule has 0 amide bonds.